The molecule has 2 heterocycles. The lowest BCUT2D eigenvalue weighted by atomic mass is 9.84. The lowest BCUT2D eigenvalue weighted by molar-refractivity contribution is -0.116. The van der Waals surface area contributed by atoms with Gasteiger partial charge in [0.1, 0.15) is 0 Å². The molecule has 2 aliphatic rings. The van der Waals surface area contributed by atoms with Crippen LogP contribution < -0.4 is 5.32 Å². The van der Waals surface area contributed by atoms with E-state index in [1.165, 1.54) is 25.0 Å². The zero-order valence-electron chi connectivity index (χ0n) is 12.1. The van der Waals surface area contributed by atoms with E-state index in [9.17, 15) is 4.79 Å². The van der Waals surface area contributed by atoms with Crippen molar-refractivity contribution >= 4 is 17.5 Å². The van der Waals surface area contributed by atoms with Gasteiger partial charge in [-0.2, -0.15) is 0 Å². The molecule has 2 saturated heterocycles. The number of carbonyl (C=O) groups is 1. The second kappa shape index (κ2) is 6.63. The van der Waals surface area contributed by atoms with Crippen LogP contribution in [0.25, 0.3) is 0 Å². The van der Waals surface area contributed by atoms with E-state index in [0.29, 0.717) is 12.5 Å². The fraction of sp³-hybridized carbons (Fsp3) is 0.471. The first kappa shape index (κ1) is 14.6. The monoisotopic (exact) mass is 304 g/mol. The largest absolute Gasteiger partial charge is 0.348 e. The maximum Gasteiger partial charge on any atom is 0.244 e. The Balaban J connectivity index is 1.55. The summed E-state index contributed by atoms with van der Waals surface area (Å²) in [6.45, 7) is 4.02. The topological polar surface area (TPSA) is 32.3 Å². The number of halogens is 1. The predicted molar refractivity (Wildman–Crippen MR) is 85.2 cm³/mol. The average molecular weight is 305 g/mol. The minimum atomic E-state index is 0.0268. The fourth-order valence-electron chi connectivity index (χ4n) is 3.25. The summed E-state index contributed by atoms with van der Waals surface area (Å²) in [5.41, 5.74) is 2.40. The van der Waals surface area contributed by atoms with Gasteiger partial charge in [0.25, 0.3) is 0 Å². The van der Waals surface area contributed by atoms with E-state index in [1.54, 1.807) is 0 Å². The van der Waals surface area contributed by atoms with Crippen LogP contribution in [-0.4, -0.2) is 30.4 Å². The lowest BCUT2D eigenvalue weighted by Gasteiger charge is -2.39. The summed E-state index contributed by atoms with van der Waals surface area (Å²) >= 11 is 5.85. The lowest BCUT2D eigenvalue weighted by Crippen LogP contribution is -2.41. The van der Waals surface area contributed by atoms with Gasteiger partial charge >= 0.3 is 0 Å². The van der Waals surface area contributed by atoms with Gasteiger partial charge in [0.05, 0.1) is 0 Å². The number of rotatable bonds is 3. The second-order valence-electron chi connectivity index (χ2n) is 5.95. The molecule has 0 saturated carbocycles. The molecule has 1 aromatic carbocycles. The number of nitrogens with one attached hydrogen (secondary N) is 1. The number of benzene rings is 1. The Hall–Kier alpha value is -1.32. The number of piperidine rings is 2. The van der Waals surface area contributed by atoms with Crippen LogP contribution in [0.3, 0.4) is 0 Å². The van der Waals surface area contributed by atoms with E-state index in [4.69, 9.17) is 11.6 Å². The van der Waals surface area contributed by atoms with Crippen LogP contribution in [0.1, 0.15) is 24.8 Å². The number of carbonyl (C=O) groups excluding carboxylic acids is 1. The zero-order valence-corrected chi connectivity index (χ0v) is 12.9. The summed E-state index contributed by atoms with van der Waals surface area (Å²) in [6, 6.07) is 7.57. The average Bonchev–Trinajstić information content (AvgIpc) is 2.50. The highest BCUT2D eigenvalue weighted by molar-refractivity contribution is 6.30. The summed E-state index contributed by atoms with van der Waals surface area (Å²) in [5, 5.41) is 3.69. The first-order chi connectivity index (χ1) is 10.2. The van der Waals surface area contributed by atoms with Crippen molar-refractivity contribution in [2.45, 2.75) is 25.8 Å². The molecule has 4 heteroatoms. The zero-order chi connectivity index (χ0) is 14.7. The Morgan fingerprint density at radius 2 is 2.14 bits per heavy atom. The van der Waals surface area contributed by atoms with Crippen molar-refractivity contribution in [3.8, 4) is 0 Å². The standard InChI is InChI=1S/C17H21ClN2O/c18-16-5-3-13(4-6-16)11-19-17(21)10-14-7-9-20-8-1-2-15(14)12-20/h3-6,10,15H,1-2,7-9,11-12H2,(H,19,21). The van der Waals surface area contributed by atoms with E-state index in [-0.39, 0.29) is 5.91 Å². The second-order valence-corrected chi connectivity index (χ2v) is 6.39. The van der Waals surface area contributed by atoms with Gasteiger partial charge in [0.2, 0.25) is 5.91 Å². The maximum atomic E-state index is 12.1. The van der Waals surface area contributed by atoms with Crippen molar-refractivity contribution in [1.82, 2.24) is 10.2 Å². The highest BCUT2D eigenvalue weighted by Crippen LogP contribution is 2.30. The van der Waals surface area contributed by atoms with Crippen molar-refractivity contribution in [1.29, 1.82) is 0 Å². The molecule has 112 valence electrons. The van der Waals surface area contributed by atoms with Crippen molar-refractivity contribution in [2.24, 2.45) is 5.92 Å². The summed E-state index contributed by atoms with van der Waals surface area (Å²) in [6.07, 6.45) is 5.36. The van der Waals surface area contributed by atoms with Gasteiger partial charge in [-0.15, -0.1) is 0 Å². The number of hydrogen-bond donors (Lipinski definition) is 1. The molecule has 0 radical (unpaired) electrons. The van der Waals surface area contributed by atoms with Gasteiger partial charge in [-0.3, -0.25) is 4.79 Å². The van der Waals surface area contributed by atoms with Crippen LogP contribution in [0.15, 0.2) is 35.9 Å². The van der Waals surface area contributed by atoms with E-state index >= 15 is 0 Å². The number of fused-ring (bicyclic) bond motifs is 2. The molecule has 1 amide bonds. The van der Waals surface area contributed by atoms with Crippen LogP contribution in [0.4, 0.5) is 0 Å². The molecule has 2 bridgehead atoms. The van der Waals surface area contributed by atoms with Crippen LogP contribution >= 0.6 is 11.6 Å². The number of nitrogens with zero attached hydrogens (tertiary/aromatic N) is 1. The van der Waals surface area contributed by atoms with Crippen LogP contribution in [0.5, 0.6) is 0 Å². The molecule has 2 fully saturated rings. The first-order valence-electron chi connectivity index (χ1n) is 7.66. The van der Waals surface area contributed by atoms with Crippen LogP contribution in [0, 0.1) is 5.92 Å². The third-order valence-electron chi connectivity index (χ3n) is 4.44. The molecular formula is C17H21ClN2O. The molecule has 0 aromatic heterocycles. The Morgan fingerprint density at radius 1 is 1.33 bits per heavy atom. The van der Waals surface area contributed by atoms with Gasteiger partial charge < -0.3 is 10.2 Å². The molecule has 3 nitrogen and oxygen atoms in total. The van der Waals surface area contributed by atoms with E-state index in [2.05, 4.69) is 10.2 Å². The van der Waals surface area contributed by atoms with Crippen molar-refractivity contribution in [3.63, 3.8) is 0 Å². The molecule has 3 rings (SSSR count). The number of amides is 1. The molecule has 2 atom stereocenters. The SMILES string of the molecule is O=C(C=C1CCN2CCCC1C2)NCc1ccc(Cl)cc1. The van der Waals surface area contributed by atoms with Crippen molar-refractivity contribution < 1.29 is 4.79 Å². The van der Waals surface area contributed by atoms with Crippen molar-refractivity contribution in [3.05, 3.63) is 46.5 Å². The Bertz CT molecular complexity index is 538. The van der Waals surface area contributed by atoms with Crippen LogP contribution in [0.2, 0.25) is 5.02 Å². The fourth-order valence-corrected chi connectivity index (χ4v) is 3.38. The molecule has 0 spiro atoms. The summed E-state index contributed by atoms with van der Waals surface area (Å²) < 4.78 is 0. The maximum absolute atomic E-state index is 12.1. The van der Waals surface area contributed by atoms with E-state index < -0.39 is 0 Å². The van der Waals surface area contributed by atoms with Gasteiger partial charge in [-0.25, -0.2) is 0 Å². The molecule has 21 heavy (non-hydrogen) atoms. The normalized spacial score (nSPS) is 26.6. The Morgan fingerprint density at radius 3 is 2.95 bits per heavy atom. The molecule has 1 aromatic rings. The molecule has 1 N–H and O–H groups in total. The van der Waals surface area contributed by atoms with Crippen molar-refractivity contribution in [2.75, 3.05) is 19.6 Å². The minimum absolute atomic E-state index is 0.0268. The summed E-state index contributed by atoms with van der Waals surface area (Å²) in [4.78, 5) is 14.6. The summed E-state index contributed by atoms with van der Waals surface area (Å²) in [7, 11) is 0. The molecule has 2 aliphatic heterocycles. The van der Waals surface area contributed by atoms with Gasteiger partial charge in [-0.05, 0) is 49.4 Å². The van der Waals surface area contributed by atoms with Gasteiger partial charge in [0, 0.05) is 30.7 Å². The minimum Gasteiger partial charge on any atom is -0.348 e. The van der Waals surface area contributed by atoms with Gasteiger partial charge in [-0.1, -0.05) is 29.3 Å². The van der Waals surface area contributed by atoms with E-state index in [1.807, 2.05) is 30.3 Å². The third-order valence-corrected chi connectivity index (χ3v) is 4.70. The predicted octanol–water partition coefficient (Wildman–Crippen LogP) is 3.00. The Labute approximate surface area is 131 Å². The molecular weight excluding hydrogens is 284 g/mol. The highest BCUT2D eigenvalue weighted by atomic mass is 35.5. The smallest absolute Gasteiger partial charge is 0.244 e. The third kappa shape index (κ3) is 3.86. The molecule has 2 unspecified atom stereocenters. The quantitative estimate of drug-likeness (QED) is 0.871. The van der Waals surface area contributed by atoms with Gasteiger partial charge in [0.15, 0.2) is 0 Å². The number of hydrogen-bond acceptors (Lipinski definition) is 2. The highest BCUT2D eigenvalue weighted by Gasteiger charge is 2.27. The van der Waals surface area contributed by atoms with Crippen LogP contribution in [-0.2, 0) is 11.3 Å². The summed E-state index contributed by atoms with van der Waals surface area (Å²) in [5.74, 6) is 0.618. The van der Waals surface area contributed by atoms with E-state index in [0.717, 1.165) is 30.1 Å². The Kier molecular flexibility index (Phi) is 4.61. The first-order valence-corrected chi connectivity index (χ1v) is 8.03. The molecule has 0 aliphatic carbocycles.